The number of rotatable bonds is 7. The number of nitrogens with zero attached hydrogens (tertiary/aromatic N) is 4. The number of benzene rings is 1. The molecule has 0 radical (unpaired) electrons. The van der Waals surface area contributed by atoms with Crippen molar-refractivity contribution in [1.82, 2.24) is 14.9 Å². The molecule has 1 saturated heterocycles. The first-order valence-corrected chi connectivity index (χ1v) is 10.0. The summed E-state index contributed by atoms with van der Waals surface area (Å²) in [5, 5.41) is 14.0. The molecule has 2 N–H and O–H groups in total. The van der Waals surface area contributed by atoms with Gasteiger partial charge < -0.3 is 15.3 Å². The highest BCUT2D eigenvalue weighted by Gasteiger charge is 2.25. The lowest BCUT2D eigenvalue weighted by Gasteiger charge is -2.39. The molecular weight excluding hydrogens is 362 g/mol. The minimum Gasteiger partial charge on any atom is -0.394 e. The van der Waals surface area contributed by atoms with E-state index in [0.29, 0.717) is 0 Å². The molecule has 2 fully saturated rings. The number of aliphatic hydroxyl groups excluding tert-OH is 1. The Balaban J connectivity index is 1.36. The molecule has 1 saturated carbocycles. The summed E-state index contributed by atoms with van der Waals surface area (Å²) in [5.74, 6) is 2.69. The van der Waals surface area contributed by atoms with Crippen LogP contribution in [0.3, 0.4) is 0 Å². The average molecular weight is 388 g/mol. The number of piperazine rings is 1. The van der Waals surface area contributed by atoms with Crippen molar-refractivity contribution < 1.29 is 5.11 Å². The Bertz CT molecular complexity index is 744. The third-order valence-corrected chi connectivity index (χ3v) is 5.68. The second kappa shape index (κ2) is 8.42. The normalized spacial score (nSPS) is 19.1. The highest BCUT2D eigenvalue weighted by molar-refractivity contribution is 6.30. The third kappa shape index (κ3) is 4.69. The maximum atomic E-state index is 9.91. The van der Waals surface area contributed by atoms with E-state index in [0.717, 1.165) is 60.9 Å². The minimum absolute atomic E-state index is 0.00517. The summed E-state index contributed by atoms with van der Waals surface area (Å²) in [5.41, 5.74) is 1.10. The molecule has 1 aliphatic carbocycles. The Kier molecular flexibility index (Phi) is 5.76. The van der Waals surface area contributed by atoms with E-state index in [4.69, 9.17) is 11.6 Å². The number of hydrogen-bond acceptors (Lipinski definition) is 6. The van der Waals surface area contributed by atoms with E-state index in [2.05, 4.69) is 25.1 Å². The first-order valence-electron chi connectivity index (χ1n) is 9.64. The predicted octanol–water partition coefficient (Wildman–Crippen LogP) is 2.81. The molecule has 0 bridgehead atoms. The summed E-state index contributed by atoms with van der Waals surface area (Å²) in [7, 11) is 0. The lowest BCUT2D eigenvalue weighted by molar-refractivity contribution is 0.117. The van der Waals surface area contributed by atoms with E-state index in [1.807, 2.05) is 30.3 Å². The molecule has 2 heterocycles. The number of aromatic nitrogens is 2. The zero-order valence-electron chi connectivity index (χ0n) is 15.4. The molecule has 2 aromatic rings. The van der Waals surface area contributed by atoms with Gasteiger partial charge in [-0.2, -0.15) is 0 Å². The van der Waals surface area contributed by atoms with Crippen molar-refractivity contribution >= 4 is 23.2 Å². The second-order valence-corrected chi connectivity index (χ2v) is 7.80. The van der Waals surface area contributed by atoms with Crippen molar-refractivity contribution in [2.24, 2.45) is 5.92 Å². The van der Waals surface area contributed by atoms with Crippen molar-refractivity contribution in [3.8, 4) is 0 Å². The number of anilines is 2. The third-order valence-electron chi connectivity index (χ3n) is 5.43. The van der Waals surface area contributed by atoms with Gasteiger partial charge >= 0.3 is 0 Å². The van der Waals surface area contributed by atoms with Crippen LogP contribution in [0.4, 0.5) is 11.6 Å². The van der Waals surface area contributed by atoms with Crippen LogP contribution in [-0.2, 0) is 0 Å². The van der Waals surface area contributed by atoms with Gasteiger partial charge in [0.1, 0.15) is 18.0 Å². The summed E-state index contributed by atoms with van der Waals surface area (Å²) < 4.78 is 0. The Labute approximate surface area is 165 Å². The minimum atomic E-state index is 0.00517. The topological polar surface area (TPSA) is 64.5 Å². The quantitative estimate of drug-likeness (QED) is 0.761. The molecule has 7 heteroatoms. The van der Waals surface area contributed by atoms with Crippen LogP contribution < -0.4 is 10.2 Å². The molecular formula is C20H26ClN5O. The van der Waals surface area contributed by atoms with Crippen molar-refractivity contribution in [2.45, 2.75) is 18.9 Å². The zero-order chi connectivity index (χ0) is 18.6. The van der Waals surface area contributed by atoms with Gasteiger partial charge in [0.05, 0.1) is 12.6 Å². The molecule has 144 valence electrons. The van der Waals surface area contributed by atoms with E-state index in [9.17, 15) is 5.11 Å². The van der Waals surface area contributed by atoms with Gasteiger partial charge in [-0.15, -0.1) is 0 Å². The summed E-state index contributed by atoms with van der Waals surface area (Å²) >= 11 is 5.99. The van der Waals surface area contributed by atoms with Crippen LogP contribution in [0.2, 0.25) is 5.02 Å². The Hall–Kier alpha value is -1.89. The van der Waals surface area contributed by atoms with Gasteiger partial charge in [-0.25, -0.2) is 9.97 Å². The number of aliphatic hydroxyl groups is 1. The van der Waals surface area contributed by atoms with Crippen molar-refractivity contribution in [3.63, 3.8) is 0 Å². The fraction of sp³-hybridized carbons (Fsp3) is 0.500. The SMILES string of the molecule is OCC(c1ccc(Cl)cc1)N1CCN(c2cc(NCC3CC3)ncn2)CC1. The monoisotopic (exact) mass is 387 g/mol. The first-order chi connectivity index (χ1) is 13.2. The van der Waals surface area contributed by atoms with Crippen LogP contribution in [0.5, 0.6) is 0 Å². The first kappa shape index (κ1) is 18.5. The van der Waals surface area contributed by atoms with Gasteiger partial charge in [0.25, 0.3) is 0 Å². The van der Waals surface area contributed by atoms with Crippen molar-refractivity contribution in [3.05, 3.63) is 47.2 Å². The van der Waals surface area contributed by atoms with E-state index in [1.165, 1.54) is 12.8 Å². The molecule has 2 aliphatic rings. The fourth-order valence-electron chi connectivity index (χ4n) is 3.57. The summed E-state index contributed by atoms with van der Waals surface area (Å²) in [6, 6.07) is 9.81. The molecule has 1 atom stereocenters. The van der Waals surface area contributed by atoms with Gasteiger partial charge in [-0.3, -0.25) is 4.90 Å². The summed E-state index contributed by atoms with van der Waals surface area (Å²) in [6.07, 6.45) is 4.29. The molecule has 0 spiro atoms. The highest BCUT2D eigenvalue weighted by Crippen LogP contribution is 2.29. The maximum absolute atomic E-state index is 9.91. The van der Waals surface area contributed by atoms with Crippen LogP contribution in [-0.4, -0.2) is 59.3 Å². The predicted molar refractivity (Wildman–Crippen MR) is 108 cm³/mol. The molecule has 4 rings (SSSR count). The Morgan fingerprint density at radius 3 is 2.52 bits per heavy atom. The zero-order valence-corrected chi connectivity index (χ0v) is 16.1. The Morgan fingerprint density at radius 2 is 1.85 bits per heavy atom. The molecule has 0 amide bonds. The standard InChI is InChI=1S/C20H26ClN5O/c21-17-5-3-16(4-6-17)18(13-27)25-7-9-26(10-8-25)20-11-19(23-14-24-20)22-12-15-1-2-15/h3-6,11,14-15,18,27H,1-2,7-10,12-13H2,(H,22,23,24). The van der Waals surface area contributed by atoms with E-state index >= 15 is 0 Å². The van der Waals surface area contributed by atoms with Crippen molar-refractivity contribution in [1.29, 1.82) is 0 Å². The lowest BCUT2D eigenvalue weighted by Crippen LogP contribution is -2.48. The van der Waals surface area contributed by atoms with Crippen LogP contribution in [0.15, 0.2) is 36.7 Å². The molecule has 1 aromatic carbocycles. The van der Waals surface area contributed by atoms with Crippen molar-refractivity contribution in [2.75, 3.05) is 49.5 Å². The lowest BCUT2D eigenvalue weighted by atomic mass is 10.1. The van der Waals surface area contributed by atoms with Gasteiger partial charge in [-0.1, -0.05) is 23.7 Å². The van der Waals surface area contributed by atoms with Crippen LogP contribution in [0, 0.1) is 5.92 Å². The van der Waals surface area contributed by atoms with Gasteiger partial charge in [0.2, 0.25) is 0 Å². The largest absolute Gasteiger partial charge is 0.394 e. The molecule has 27 heavy (non-hydrogen) atoms. The molecule has 1 aliphatic heterocycles. The molecule has 1 unspecified atom stereocenters. The average Bonchev–Trinajstić information content (AvgIpc) is 3.54. The number of halogens is 1. The Morgan fingerprint density at radius 1 is 1.11 bits per heavy atom. The fourth-order valence-corrected chi connectivity index (χ4v) is 3.69. The van der Waals surface area contributed by atoms with E-state index < -0.39 is 0 Å². The summed E-state index contributed by atoms with van der Waals surface area (Å²) in [6.45, 7) is 4.62. The molecule has 6 nitrogen and oxygen atoms in total. The highest BCUT2D eigenvalue weighted by atomic mass is 35.5. The summed E-state index contributed by atoms with van der Waals surface area (Å²) in [4.78, 5) is 13.4. The number of hydrogen-bond donors (Lipinski definition) is 2. The maximum Gasteiger partial charge on any atom is 0.134 e. The second-order valence-electron chi connectivity index (χ2n) is 7.36. The van der Waals surface area contributed by atoms with Gasteiger partial charge in [-0.05, 0) is 36.5 Å². The van der Waals surface area contributed by atoms with E-state index in [-0.39, 0.29) is 12.6 Å². The molecule has 1 aromatic heterocycles. The van der Waals surface area contributed by atoms with Crippen LogP contribution in [0.25, 0.3) is 0 Å². The van der Waals surface area contributed by atoms with Gasteiger partial charge in [0, 0.05) is 43.8 Å². The smallest absolute Gasteiger partial charge is 0.134 e. The van der Waals surface area contributed by atoms with E-state index in [1.54, 1.807) is 6.33 Å². The van der Waals surface area contributed by atoms with Gasteiger partial charge in [0.15, 0.2) is 0 Å². The van der Waals surface area contributed by atoms with Crippen LogP contribution >= 0.6 is 11.6 Å². The number of nitrogens with one attached hydrogen (secondary N) is 1. The van der Waals surface area contributed by atoms with Crippen LogP contribution in [0.1, 0.15) is 24.4 Å².